The third-order valence-electron chi connectivity index (χ3n) is 6.37. The number of imidazole rings is 1. The van der Waals surface area contributed by atoms with E-state index in [2.05, 4.69) is 32.6 Å². The molecular weight excluding hydrogens is 502 g/mol. The normalized spacial score (nSPS) is 12.0. The van der Waals surface area contributed by atoms with E-state index in [-0.39, 0.29) is 11.5 Å². The molecule has 0 radical (unpaired) electrons. The summed E-state index contributed by atoms with van der Waals surface area (Å²) in [6, 6.07) is 24.5. The molecule has 38 heavy (non-hydrogen) atoms. The van der Waals surface area contributed by atoms with Gasteiger partial charge in [0.25, 0.3) is 0 Å². The van der Waals surface area contributed by atoms with Crippen molar-refractivity contribution in [3.05, 3.63) is 119 Å². The highest BCUT2D eigenvalue weighted by atomic mass is 35.5. The first-order valence-electron chi connectivity index (χ1n) is 11.8. The van der Waals surface area contributed by atoms with Crippen molar-refractivity contribution in [1.29, 1.82) is 0 Å². The second-order valence-corrected chi connectivity index (χ2v) is 9.23. The summed E-state index contributed by atoms with van der Waals surface area (Å²) in [5, 5.41) is 21.5. The summed E-state index contributed by atoms with van der Waals surface area (Å²) in [4.78, 5) is 24.4. The number of H-pyrrole nitrogens is 1. The van der Waals surface area contributed by atoms with Crippen molar-refractivity contribution in [3.63, 3.8) is 0 Å². The maximum Gasteiger partial charge on any atom is 0.335 e. The van der Waals surface area contributed by atoms with E-state index in [0.717, 1.165) is 33.6 Å². The Labute approximate surface area is 221 Å². The largest absolute Gasteiger partial charge is 0.478 e. The number of benzene rings is 3. The summed E-state index contributed by atoms with van der Waals surface area (Å²) < 4.78 is 1.58. The number of carbonyl (C=O) groups is 1. The second-order valence-electron chi connectivity index (χ2n) is 8.79. The molecular formula is C28H20ClN7O2. The predicted molar refractivity (Wildman–Crippen MR) is 142 cm³/mol. The average molecular weight is 522 g/mol. The van der Waals surface area contributed by atoms with E-state index in [9.17, 15) is 9.90 Å². The van der Waals surface area contributed by atoms with Gasteiger partial charge < -0.3 is 10.1 Å². The molecule has 3 heterocycles. The molecule has 0 saturated carbocycles. The lowest BCUT2D eigenvalue weighted by atomic mass is 9.94. The van der Waals surface area contributed by atoms with Crippen LogP contribution < -0.4 is 0 Å². The summed E-state index contributed by atoms with van der Waals surface area (Å²) in [5.74, 6) is -0.467. The molecule has 0 amide bonds. The van der Waals surface area contributed by atoms with Crippen LogP contribution in [0.2, 0.25) is 5.02 Å². The number of fused-ring (bicyclic) bond motifs is 1. The van der Waals surface area contributed by atoms with Gasteiger partial charge in [-0.3, -0.25) is 4.98 Å². The lowest BCUT2D eigenvalue weighted by Gasteiger charge is -2.16. The zero-order chi connectivity index (χ0) is 26.1. The van der Waals surface area contributed by atoms with Crippen LogP contribution in [0.25, 0.3) is 27.8 Å². The van der Waals surface area contributed by atoms with Crippen LogP contribution >= 0.6 is 11.6 Å². The van der Waals surface area contributed by atoms with Crippen molar-refractivity contribution in [2.45, 2.75) is 12.3 Å². The number of carboxylic acid groups (broad SMARTS) is 1. The molecule has 2 N–H and O–H groups in total. The Morgan fingerprint density at radius 3 is 2.63 bits per heavy atom. The van der Waals surface area contributed by atoms with E-state index in [0.29, 0.717) is 22.8 Å². The number of halogens is 1. The smallest absolute Gasteiger partial charge is 0.335 e. The highest BCUT2D eigenvalue weighted by Crippen LogP contribution is 2.32. The minimum atomic E-state index is -0.989. The highest BCUT2D eigenvalue weighted by Gasteiger charge is 2.21. The Bertz CT molecular complexity index is 1730. The van der Waals surface area contributed by atoms with Crippen molar-refractivity contribution in [2.24, 2.45) is 0 Å². The number of aromatic nitrogens is 7. The summed E-state index contributed by atoms with van der Waals surface area (Å²) >= 11 is 6.32. The molecule has 0 bridgehead atoms. The predicted octanol–water partition coefficient (Wildman–Crippen LogP) is 5.33. The number of aromatic amines is 1. The number of rotatable bonds is 7. The summed E-state index contributed by atoms with van der Waals surface area (Å²) in [6.07, 6.45) is 3.99. The van der Waals surface area contributed by atoms with E-state index in [1.54, 1.807) is 35.1 Å². The molecule has 3 aromatic carbocycles. The number of nitrogens with zero attached hydrogens (tertiary/aromatic N) is 6. The Kier molecular flexibility index (Phi) is 6.11. The molecule has 1 atom stereocenters. The van der Waals surface area contributed by atoms with Gasteiger partial charge in [-0.15, -0.1) is 5.10 Å². The van der Waals surface area contributed by atoms with Crippen LogP contribution in [0.4, 0.5) is 0 Å². The standard InChI is InChI=1S/C28H20ClN7O2/c29-20-8-11-26(36-16-31-34-35-36)21(14-20)19-7-9-23(30-15-19)22(12-17-4-2-1-3-5-17)27-32-24-10-6-18(28(37)38)13-25(24)33-27/h1-11,13-16,22H,12H2,(H,32,33)(H,37,38)/t22-/m0/s1. The molecule has 0 aliphatic rings. The fourth-order valence-corrected chi connectivity index (χ4v) is 4.67. The Morgan fingerprint density at radius 2 is 1.89 bits per heavy atom. The zero-order valence-corrected chi connectivity index (χ0v) is 20.6. The van der Waals surface area contributed by atoms with Crippen LogP contribution in [-0.4, -0.2) is 46.2 Å². The molecule has 0 spiro atoms. The fraction of sp³-hybridized carbons (Fsp3) is 0.0714. The van der Waals surface area contributed by atoms with Crippen molar-refractivity contribution in [1.82, 2.24) is 35.2 Å². The van der Waals surface area contributed by atoms with E-state index in [1.807, 2.05) is 42.5 Å². The SMILES string of the molecule is O=C(O)c1ccc2[nH]c([C@@H](Cc3ccccc3)c3ccc(-c4cc(Cl)ccc4-n4cnnn4)cn3)nc2c1. The number of hydrogen-bond donors (Lipinski definition) is 2. The number of nitrogens with one attached hydrogen (secondary N) is 1. The number of carboxylic acids is 1. The van der Waals surface area contributed by atoms with Gasteiger partial charge in [-0.1, -0.05) is 48.0 Å². The van der Waals surface area contributed by atoms with Gasteiger partial charge in [0.05, 0.1) is 33.9 Å². The second kappa shape index (κ2) is 9.87. The van der Waals surface area contributed by atoms with Crippen LogP contribution in [0, 0.1) is 0 Å². The third kappa shape index (κ3) is 4.62. The fourth-order valence-electron chi connectivity index (χ4n) is 4.50. The highest BCUT2D eigenvalue weighted by molar-refractivity contribution is 6.31. The number of aromatic carboxylic acids is 1. The lowest BCUT2D eigenvalue weighted by Crippen LogP contribution is -2.09. The van der Waals surface area contributed by atoms with Crippen LogP contribution in [-0.2, 0) is 6.42 Å². The van der Waals surface area contributed by atoms with Crippen LogP contribution in [0.15, 0.2) is 91.4 Å². The van der Waals surface area contributed by atoms with Gasteiger partial charge in [-0.25, -0.2) is 9.78 Å². The van der Waals surface area contributed by atoms with Gasteiger partial charge in [-0.05, 0) is 64.9 Å². The van der Waals surface area contributed by atoms with Gasteiger partial charge in [0, 0.05) is 22.3 Å². The summed E-state index contributed by atoms with van der Waals surface area (Å²) in [7, 11) is 0. The van der Waals surface area contributed by atoms with Gasteiger partial charge in [-0.2, -0.15) is 4.68 Å². The van der Waals surface area contributed by atoms with Crippen LogP contribution in [0.3, 0.4) is 0 Å². The van der Waals surface area contributed by atoms with Gasteiger partial charge in [0.1, 0.15) is 12.2 Å². The Hall–Kier alpha value is -4.89. The Morgan fingerprint density at radius 1 is 1.03 bits per heavy atom. The average Bonchev–Trinajstić information content (AvgIpc) is 3.62. The molecule has 0 aliphatic heterocycles. The molecule has 0 fully saturated rings. The van der Waals surface area contributed by atoms with E-state index < -0.39 is 5.97 Å². The molecule has 9 nitrogen and oxygen atoms in total. The lowest BCUT2D eigenvalue weighted by molar-refractivity contribution is 0.0697. The molecule has 6 aromatic rings. The van der Waals surface area contributed by atoms with Gasteiger partial charge in [0.2, 0.25) is 0 Å². The molecule has 0 aliphatic carbocycles. The number of pyridine rings is 1. The van der Waals surface area contributed by atoms with Crippen LogP contribution in [0.5, 0.6) is 0 Å². The minimum absolute atomic E-state index is 0.189. The number of hydrogen-bond acceptors (Lipinski definition) is 6. The molecule has 10 heteroatoms. The topological polar surface area (TPSA) is 122 Å². The van der Waals surface area contributed by atoms with Gasteiger partial charge in [0.15, 0.2) is 0 Å². The molecule has 3 aromatic heterocycles. The van der Waals surface area contributed by atoms with E-state index >= 15 is 0 Å². The molecule has 0 unspecified atom stereocenters. The first-order chi connectivity index (χ1) is 18.5. The summed E-state index contributed by atoms with van der Waals surface area (Å²) in [5.41, 5.74) is 5.99. The van der Waals surface area contributed by atoms with Crippen LogP contribution in [0.1, 0.15) is 33.4 Å². The van der Waals surface area contributed by atoms with Crippen molar-refractivity contribution < 1.29 is 9.90 Å². The maximum absolute atomic E-state index is 11.4. The molecule has 186 valence electrons. The Balaban J connectivity index is 1.41. The first kappa shape index (κ1) is 23.5. The molecule has 0 saturated heterocycles. The zero-order valence-electron chi connectivity index (χ0n) is 19.9. The molecule has 6 rings (SSSR count). The number of tetrazole rings is 1. The maximum atomic E-state index is 11.4. The van der Waals surface area contributed by atoms with Crippen molar-refractivity contribution >= 4 is 28.6 Å². The third-order valence-corrected chi connectivity index (χ3v) is 6.60. The van der Waals surface area contributed by atoms with Crippen molar-refractivity contribution in [2.75, 3.05) is 0 Å². The van der Waals surface area contributed by atoms with E-state index in [1.165, 1.54) is 6.33 Å². The van der Waals surface area contributed by atoms with Crippen molar-refractivity contribution in [3.8, 4) is 16.8 Å². The summed E-state index contributed by atoms with van der Waals surface area (Å²) in [6.45, 7) is 0. The minimum Gasteiger partial charge on any atom is -0.478 e. The monoisotopic (exact) mass is 521 g/mol. The van der Waals surface area contributed by atoms with E-state index in [4.69, 9.17) is 21.6 Å². The first-order valence-corrected chi connectivity index (χ1v) is 12.2. The van der Waals surface area contributed by atoms with Gasteiger partial charge >= 0.3 is 5.97 Å². The quantitative estimate of drug-likeness (QED) is 0.291.